The van der Waals surface area contributed by atoms with Crippen molar-refractivity contribution in [1.82, 2.24) is 9.80 Å². The molecule has 4 nitrogen and oxygen atoms in total. The van der Waals surface area contributed by atoms with Crippen LogP contribution in [0.15, 0.2) is 66.7 Å². The largest absolute Gasteiger partial charge is 0.370 e. The number of carbonyl (C=O) groups is 1. The normalized spacial score (nSPS) is 20.1. The number of carbonyl (C=O) groups excluding carboxylic acids is 1. The zero-order valence-electron chi connectivity index (χ0n) is 22.3. The SMILES string of the molecule is CCCCN(CCC)C(=O)C1c2ccccc2-c2cccc(N3CCC(N4Cc5ccccc5C4)C3)c21. The second-order valence-electron chi connectivity index (χ2n) is 11.0. The summed E-state index contributed by atoms with van der Waals surface area (Å²) in [6.07, 6.45) is 4.32. The molecular formula is C33H39N3O. The first-order chi connectivity index (χ1) is 18.2. The Kier molecular flexibility index (Phi) is 6.77. The summed E-state index contributed by atoms with van der Waals surface area (Å²) in [7, 11) is 0. The van der Waals surface area contributed by atoms with Crippen molar-refractivity contribution in [2.24, 2.45) is 0 Å². The lowest BCUT2D eigenvalue weighted by Gasteiger charge is -2.30. The van der Waals surface area contributed by atoms with E-state index < -0.39 is 0 Å². The highest BCUT2D eigenvalue weighted by atomic mass is 16.2. The highest BCUT2D eigenvalue weighted by Gasteiger charge is 2.40. The summed E-state index contributed by atoms with van der Waals surface area (Å²) in [5.41, 5.74) is 9.11. The molecule has 0 saturated carbocycles. The van der Waals surface area contributed by atoms with Gasteiger partial charge in [-0.25, -0.2) is 0 Å². The molecular weight excluding hydrogens is 454 g/mol. The average molecular weight is 494 g/mol. The lowest BCUT2D eigenvalue weighted by atomic mass is 9.93. The Labute approximate surface area is 221 Å². The summed E-state index contributed by atoms with van der Waals surface area (Å²) in [5, 5.41) is 0. The van der Waals surface area contributed by atoms with Crippen LogP contribution in [0.4, 0.5) is 5.69 Å². The Balaban J connectivity index is 1.31. The maximum Gasteiger partial charge on any atom is 0.234 e. The highest BCUT2D eigenvalue weighted by molar-refractivity contribution is 5.99. The molecule has 192 valence electrons. The Bertz CT molecular complexity index is 1260. The fraction of sp³-hybridized carbons (Fsp3) is 0.424. The average Bonchev–Trinajstić information content (AvgIpc) is 3.66. The Hall–Kier alpha value is -3.11. The molecule has 1 fully saturated rings. The molecule has 37 heavy (non-hydrogen) atoms. The van der Waals surface area contributed by atoms with Gasteiger partial charge in [-0.05, 0) is 53.1 Å². The molecule has 3 aliphatic rings. The van der Waals surface area contributed by atoms with Gasteiger partial charge in [0.1, 0.15) is 0 Å². The second kappa shape index (κ2) is 10.3. The molecule has 2 unspecified atom stereocenters. The molecule has 0 spiro atoms. The number of amides is 1. The van der Waals surface area contributed by atoms with Gasteiger partial charge in [-0.3, -0.25) is 9.69 Å². The van der Waals surface area contributed by atoms with Gasteiger partial charge >= 0.3 is 0 Å². The van der Waals surface area contributed by atoms with Crippen LogP contribution in [0.5, 0.6) is 0 Å². The summed E-state index contributed by atoms with van der Waals surface area (Å²) in [6, 6.07) is 24.7. The molecule has 0 bridgehead atoms. The van der Waals surface area contributed by atoms with E-state index in [-0.39, 0.29) is 11.8 Å². The first-order valence-electron chi connectivity index (χ1n) is 14.3. The van der Waals surface area contributed by atoms with Crippen LogP contribution in [0, 0.1) is 0 Å². The highest BCUT2D eigenvalue weighted by Crippen LogP contribution is 2.50. The number of anilines is 1. The third-order valence-electron chi connectivity index (χ3n) is 8.65. The van der Waals surface area contributed by atoms with E-state index in [1.165, 1.54) is 45.5 Å². The molecule has 1 amide bonds. The van der Waals surface area contributed by atoms with Crippen molar-refractivity contribution in [2.75, 3.05) is 31.1 Å². The van der Waals surface area contributed by atoms with Crippen molar-refractivity contribution in [3.8, 4) is 11.1 Å². The van der Waals surface area contributed by atoms with Gasteiger partial charge in [0.05, 0.1) is 5.92 Å². The van der Waals surface area contributed by atoms with Crippen LogP contribution < -0.4 is 4.90 Å². The molecule has 6 rings (SSSR count). The van der Waals surface area contributed by atoms with Gasteiger partial charge in [0.15, 0.2) is 0 Å². The molecule has 2 atom stereocenters. The minimum absolute atomic E-state index is 0.208. The summed E-state index contributed by atoms with van der Waals surface area (Å²) >= 11 is 0. The molecule has 4 heteroatoms. The van der Waals surface area contributed by atoms with Gasteiger partial charge in [-0.15, -0.1) is 0 Å². The van der Waals surface area contributed by atoms with Crippen LogP contribution in [0.2, 0.25) is 0 Å². The van der Waals surface area contributed by atoms with E-state index in [0.29, 0.717) is 6.04 Å². The first-order valence-corrected chi connectivity index (χ1v) is 14.3. The minimum Gasteiger partial charge on any atom is -0.370 e. The second-order valence-corrected chi connectivity index (χ2v) is 11.0. The van der Waals surface area contributed by atoms with Gasteiger partial charge < -0.3 is 9.80 Å². The quantitative estimate of drug-likeness (QED) is 0.362. The molecule has 1 saturated heterocycles. The third kappa shape index (κ3) is 4.35. The molecule has 0 radical (unpaired) electrons. The maximum atomic E-state index is 14.2. The summed E-state index contributed by atoms with van der Waals surface area (Å²) in [6.45, 7) is 10.2. The van der Waals surface area contributed by atoms with Crippen LogP contribution in [0.1, 0.15) is 67.7 Å². The zero-order valence-corrected chi connectivity index (χ0v) is 22.3. The Morgan fingerprint density at radius 2 is 1.59 bits per heavy atom. The van der Waals surface area contributed by atoms with Gasteiger partial charge in [-0.1, -0.05) is 80.9 Å². The van der Waals surface area contributed by atoms with E-state index in [2.05, 4.69) is 95.3 Å². The number of hydrogen-bond donors (Lipinski definition) is 0. The third-order valence-corrected chi connectivity index (χ3v) is 8.65. The van der Waals surface area contributed by atoms with Crippen molar-refractivity contribution >= 4 is 11.6 Å². The first kappa shape index (κ1) is 24.2. The van der Waals surface area contributed by atoms with E-state index in [4.69, 9.17) is 0 Å². The van der Waals surface area contributed by atoms with Gasteiger partial charge in [0.25, 0.3) is 0 Å². The molecule has 3 aromatic carbocycles. The summed E-state index contributed by atoms with van der Waals surface area (Å²) < 4.78 is 0. The molecule has 2 heterocycles. The van der Waals surface area contributed by atoms with E-state index in [1.807, 2.05) is 0 Å². The topological polar surface area (TPSA) is 26.8 Å². The van der Waals surface area contributed by atoms with Crippen molar-refractivity contribution in [1.29, 1.82) is 0 Å². The predicted molar refractivity (Wildman–Crippen MR) is 152 cm³/mol. The fourth-order valence-electron chi connectivity index (χ4n) is 6.78. The Morgan fingerprint density at radius 3 is 2.35 bits per heavy atom. The molecule has 2 aliphatic heterocycles. The van der Waals surface area contributed by atoms with E-state index >= 15 is 0 Å². The van der Waals surface area contributed by atoms with E-state index in [0.717, 1.165) is 58.5 Å². The van der Waals surface area contributed by atoms with E-state index in [1.54, 1.807) is 0 Å². The van der Waals surface area contributed by atoms with Crippen molar-refractivity contribution in [3.63, 3.8) is 0 Å². The molecule has 1 aliphatic carbocycles. The van der Waals surface area contributed by atoms with Crippen molar-refractivity contribution in [2.45, 2.75) is 64.6 Å². The monoisotopic (exact) mass is 493 g/mol. The number of nitrogens with zero attached hydrogens (tertiary/aromatic N) is 3. The van der Waals surface area contributed by atoms with E-state index in [9.17, 15) is 4.79 Å². The van der Waals surface area contributed by atoms with Crippen LogP contribution in [0.25, 0.3) is 11.1 Å². The number of fused-ring (bicyclic) bond motifs is 4. The number of hydrogen-bond acceptors (Lipinski definition) is 3. The van der Waals surface area contributed by atoms with Crippen LogP contribution in [0.3, 0.4) is 0 Å². The standard InChI is InChI=1S/C33H39N3O/c1-3-5-19-34(18-4-2)33(37)32-29-14-9-8-13-27(29)28-15-10-16-30(31(28)32)35-20-17-26(23-35)36-21-24-11-6-7-12-25(24)22-36/h6-16,26,32H,3-5,17-23H2,1-2H3. The molecule has 3 aromatic rings. The smallest absolute Gasteiger partial charge is 0.234 e. The number of unbranched alkanes of at least 4 members (excludes halogenated alkanes) is 1. The van der Waals surface area contributed by atoms with Crippen LogP contribution in [-0.2, 0) is 17.9 Å². The van der Waals surface area contributed by atoms with Crippen molar-refractivity contribution in [3.05, 3.63) is 89.0 Å². The van der Waals surface area contributed by atoms with Gasteiger partial charge in [0, 0.05) is 56.6 Å². The van der Waals surface area contributed by atoms with Crippen molar-refractivity contribution < 1.29 is 4.79 Å². The molecule has 0 aromatic heterocycles. The summed E-state index contributed by atoms with van der Waals surface area (Å²) in [4.78, 5) is 21.6. The van der Waals surface area contributed by atoms with Crippen LogP contribution >= 0.6 is 0 Å². The molecule has 0 N–H and O–H groups in total. The number of rotatable bonds is 8. The maximum absolute atomic E-state index is 14.2. The predicted octanol–water partition coefficient (Wildman–Crippen LogP) is 6.43. The Morgan fingerprint density at radius 1 is 0.865 bits per heavy atom. The van der Waals surface area contributed by atoms with Gasteiger partial charge in [-0.2, -0.15) is 0 Å². The summed E-state index contributed by atoms with van der Waals surface area (Å²) in [5.74, 6) is 0.0700. The minimum atomic E-state index is -0.208. The van der Waals surface area contributed by atoms with Crippen LogP contribution in [-0.4, -0.2) is 47.9 Å². The fourth-order valence-corrected chi connectivity index (χ4v) is 6.78. The number of benzene rings is 3. The zero-order chi connectivity index (χ0) is 25.4. The lowest BCUT2D eigenvalue weighted by molar-refractivity contribution is -0.131. The lowest BCUT2D eigenvalue weighted by Crippen LogP contribution is -2.37. The van der Waals surface area contributed by atoms with Gasteiger partial charge in [0.2, 0.25) is 5.91 Å².